The van der Waals surface area contributed by atoms with E-state index in [0.29, 0.717) is 10.6 Å². The van der Waals surface area contributed by atoms with Gasteiger partial charge in [-0.05, 0) is 48.2 Å². The Morgan fingerprint density at radius 1 is 1.33 bits per heavy atom. The van der Waals surface area contributed by atoms with Crippen LogP contribution < -0.4 is 5.32 Å². The van der Waals surface area contributed by atoms with Crippen molar-refractivity contribution in [1.82, 2.24) is 4.98 Å². The summed E-state index contributed by atoms with van der Waals surface area (Å²) in [5.41, 5.74) is 3.44. The minimum atomic E-state index is 0.0513. The first kappa shape index (κ1) is 13.9. The molecule has 0 amide bonds. The summed E-state index contributed by atoms with van der Waals surface area (Å²) in [7, 11) is 0. The molecule has 0 aliphatic carbocycles. The first-order chi connectivity index (χ1) is 10.2. The van der Waals surface area contributed by atoms with E-state index in [-0.39, 0.29) is 6.04 Å². The Balaban J connectivity index is 1.88. The number of nitriles is 1. The van der Waals surface area contributed by atoms with Gasteiger partial charge in [0.05, 0.1) is 38.6 Å². The molecule has 1 aromatic carbocycles. The summed E-state index contributed by atoms with van der Waals surface area (Å²) >= 11 is 7.85. The zero-order valence-electron chi connectivity index (χ0n) is 11.3. The third-order valence-corrected chi connectivity index (χ3v) is 4.47. The highest BCUT2D eigenvalue weighted by Gasteiger charge is 2.10. The Hall–Kier alpha value is -2.09. The summed E-state index contributed by atoms with van der Waals surface area (Å²) in [6.45, 7) is 2.05. The van der Waals surface area contributed by atoms with E-state index in [4.69, 9.17) is 16.9 Å². The van der Waals surface area contributed by atoms with E-state index in [9.17, 15) is 0 Å². The highest BCUT2D eigenvalue weighted by Crippen LogP contribution is 2.28. The fourth-order valence-electron chi connectivity index (χ4n) is 2.12. The second-order valence-electron chi connectivity index (χ2n) is 4.75. The van der Waals surface area contributed by atoms with Gasteiger partial charge in [-0.15, -0.1) is 11.3 Å². The number of anilines is 1. The number of halogens is 1. The number of hydrogen-bond donors (Lipinski definition) is 1. The van der Waals surface area contributed by atoms with E-state index < -0.39 is 0 Å². The molecule has 3 nitrogen and oxygen atoms in total. The van der Waals surface area contributed by atoms with Gasteiger partial charge in [0.2, 0.25) is 0 Å². The molecule has 1 unspecified atom stereocenters. The molecule has 0 bridgehead atoms. The van der Waals surface area contributed by atoms with E-state index >= 15 is 0 Å². The number of hydrogen-bond acceptors (Lipinski definition) is 4. The maximum atomic E-state index is 8.97. The number of fused-ring (bicyclic) bond motifs is 1. The van der Waals surface area contributed by atoms with Crippen LogP contribution in [0.25, 0.3) is 10.2 Å². The summed E-state index contributed by atoms with van der Waals surface area (Å²) in [5.74, 6) is 0. The summed E-state index contributed by atoms with van der Waals surface area (Å²) in [4.78, 5) is 4.45. The van der Waals surface area contributed by atoms with Crippen LogP contribution in [-0.4, -0.2) is 4.98 Å². The van der Waals surface area contributed by atoms with Crippen LogP contribution in [0.15, 0.2) is 41.9 Å². The Kier molecular flexibility index (Phi) is 3.78. The monoisotopic (exact) mass is 313 g/mol. The predicted octanol–water partition coefficient (Wildman–Crippen LogP) is 4.99. The molecule has 0 aliphatic heterocycles. The number of pyridine rings is 1. The maximum Gasteiger partial charge on any atom is 0.0992 e. The molecule has 0 radical (unpaired) electrons. The van der Waals surface area contributed by atoms with Gasteiger partial charge in [0.25, 0.3) is 0 Å². The Morgan fingerprint density at radius 2 is 2.19 bits per heavy atom. The van der Waals surface area contributed by atoms with Gasteiger partial charge >= 0.3 is 0 Å². The molecule has 3 rings (SSSR count). The van der Waals surface area contributed by atoms with Crippen LogP contribution >= 0.6 is 22.9 Å². The largest absolute Gasteiger partial charge is 0.377 e. The second kappa shape index (κ2) is 5.72. The molecule has 1 N–H and O–H groups in total. The van der Waals surface area contributed by atoms with Crippen molar-refractivity contribution in [2.24, 2.45) is 0 Å². The van der Waals surface area contributed by atoms with Crippen LogP contribution in [0.1, 0.15) is 24.1 Å². The number of nitrogens with one attached hydrogen (secondary N) is 1. The molecule has 0 aliphatic rings. The van der Waals surface area contributed by atoms with E-state index in [1.807, 2.05) is 24.6 Å². The first-order valence-corrected chi connectivity index (χ1v) is 7.72. The molecule has 5 heteroatoms. The van der Waals surface area contributed by atoms with E-state index in [2.05, 4.69) is 22.4 Å². The van der Waals surface area contributed by atoms with Gasteiger partial charge in [0, 0.05) is 6.20 Å². The van der Waals surface area contributed by atoms with E-state index in [0.717, 1.165) is 21.5 Å². The first-order valence-electron chi connectivity index (χ1n) is 6.46. The van der Waals surface area contributed by atoms with Crippen molar-refractivity contribution in [3.8, 4) is 6.07 Å². The normalized spacial score (nSPS) is 12.0. The lowest BCUT2D eigenvalue weighted by Crippen LogP contribution is -2.07. The molecule has 0 fully saturated rings. The molecule has 2 aromatic heterocycles. The number of rotatable bonds is 3. The number of nitrogens with zero attached hydrogens (tertiary/aromatic N) is 2. The van der Waals surface area contributed by atoms with Crippen molar-refractivity contribution >= 4 is 38.8 Å². The van der Waals surface area contributed by atoms with E-state index in [1.165, 1.54) is 0 Å². The van der Waals surface area contributed by atoms with Gasteiger partial charge in [0.1, 0.15) is 0 Å². The van der Waals surface area contributed by atoms with Crippen molar-refractivity contribution in [1.29, 1.82) is 5.26 Å². The van der Waals surface area contributed by atoms with Gasteiger partial charge in [-0.1, -0.05) is 11.6 Å². The highest BCUT2D eigenvalue weighted by atomic mass is 35.5. The van der Waals surface area contributed by atoms with Gasteiger partial charge in [0.15, 0.2) is 0 Å². The Morgan fingerprint density at radius 3 is 3.00 bits per heavy atom. The van der Waals surface area contributed by atoms with Gasteiger partial charge in [-0.2, -0.15) is 5.26 Å². The quantitative estimate of drug-likeness (QED) is 0.740. The van der Waals surface area contributed by atoms with Crippen molar-refractivity contribution in [2.45, 2.75) is 13.0 Å². The smallest absolute Gasteiger partial charge is 0.0992 e. The van der Waals surface area contributed by atoms with Crippen molar-refractivity contribution < 1.29 is 0 Å². The number of thiophene rings is 1. The lowest BCUT2D eigenvalue weighted by atomic mass is 10.1. The summed E-state index contributed by atoms with van der Waals surface area (Å²) < 4.78 is 1.16. The van der Waals surface area contributed by atoms with Crippen LogP contribution in [0.5, 0.6) is 0 Å². The zero-order chi connectivity index (χ0) is 14.8. The second-order valence-corrected chi connectivity index (χ2v) is 6.10. The lowest BCUT2D eigenvalue weighted by molar-refractivity contribution is 0.880. The van der Waals surface area contributed by atoms with E-state index in [1.54, 1.807) is 29.5 Å². The molecule has 2 heterocycles. The molecular weight excluding hydrogens is 302 g/mol. The van der Waals surface area contributed by atoms with Crippen LogP contribution in [0.4, 0.5) is 5.69 Å². The number of benzene rings is 1. The molecule has 21 heavy (non-hydrogen) atoms. The minimum absolute atomic E-state index is 0.0513. The maximum absolute atomic E-state index is 8.97. The van der Waals surface area contributed by atoms with Gasteiger partial charge < -0.3 is 5.32 Å². The third-order valence-electron chi connectivity index (χ3n) is 3.29. The van der Waals surface area contributed by atoms with Gasteiger partial charge in [-0.25, -0.2) is 0 Å². The Labute approximate surface area is 131 Å². The zero-order valence-corrected chi connectivity index (χ0v) is 12.9. The molecule has 3 aromatic rings. The topological polar surface area (TPSA) is 48.7 Å². The standard InChI is InChI=1S/C16H12ClN3S/c1-10(12-7-16-14(19-9-12)4-5-21-16)20-15-6-11(8-18)2-3-13(15)17/h2-7,9-10,20H,1H3. The average molecular weight is 314 g/mol. The molecule has 104 valence electrons. The van der Waals surface area contributed by atoms with Crippen LogP contribution in [0.3, 0.4) is 0 Å². The molecule has 0 saturated heterocycles. The average Bonchev–Trinajstić information content (AvgIpc) is 2.96. The summed E-state index contributed by atoms with van der Waals surface area (Å²) in [5, 5.41) is 14.9. The third kappa shape index (κ3) is 2.85. The fourth-order valence-corrected chi connectivity index (χ4v) is 3.08. The highest BCUT2D eigenvalue weighted by molar-refractivity contribution is 7.17. The Bertz CT molecular complexity index is 835. The van der Waals surface area contributed by atoms with Crippen molar-refractivity contribution in [3.05, 3.63) is 58.1 Å². The van der Waals surface area contributed by atoms with Crippen LogP contribution in [-0.2, 0) is 0 Å². The van der Waals surface area contributed by atoms with Crippen LogP contribution in [0.2, 0.25) is 5.02 Å². The molecule has 0 spiro atoms. The fraction of sp³-hybridized carbons (Fsp3) is 0.125. The van der Waals surface area contributed by atoms with Gasteiger partial charge in [-0.3, -0.25) is 4.98 Å². The lowest BCUT2D eigenvalue weighted by Gasteiger charge is -2.16. The molecular formula is C16H12ClN3S. The molecule has 1 atom stereocenters. The SMILES string of the molecule is CC(Nc1cc(C#N)ccc1Cl)c1cnc2ccsc2c1. The van der Waals surface area contributed by atoms with Crippen LogP contribution in [0, 0.1) is 11.3 Å². The predicted molar refractivity (Wildman–Crippen MR) is 87.8 cm³/mol. The van der Waals surface area contributed by atoms with Crippen molar-refractivity contribution in [2.75, 3.05) is 5.32 Å². The van der Waals surface area contributed by atoms with Crippen molar-refractivity contribution in [3.63, 3.8) is 0 Å². The summed E-state index contributed by atoms with van der Waals surface area (Å²) in [6, 6.07) is 11.5. The number of aromatic nitrogens is 1. The minimum Gasteiger partial charge on any atom is -0.377 e. The molecule has 0 saturated carbocycles. The summed E-state index contributed by atoms with van der Waals surface area (Å²) in [6.07, 6.45) is 1.87.